The van der Waals surface area contributed by atoms with Crippen molar-refractivity contribution in [2.45, 2.75) is 19.8 Å². The van der Waals surface area contributed by atoms with Gasteiger partial charge in [0.15, 0.2) is 0 Å². The molecule has 0 saturated heterocycles. The number of carbonyl (C=O) groups excluding carboxylic acids is 1. The number of hydrogen-bond donors (Lipinski definition) is 2. The summed E-state index contributed by atoms with van der Waals surface area (Å²) in [6, 6.07) is 6.38. The van der Waals surface area contributed by atoms with Crippen LogP contribution in [0.15, 0.2) is 24.3 Å². The molecule has 0 bridgehead atoms. The maximum atomic E-state index is 13.5. The van der Waals surface area contributed by atoms with E-state index in [9.17, 15) is 17.6 Å². The average Bonchev–Trinajstić information content (AvgIpc) is 2.39. The van der Waals surface area contributed by atoms with Gasteiger partial charge in [-0.2, -0.15) is 0 Å². The Morgan fingerprint density at radius 3 is 2.57 bits per heavy atom. The maximum absolute atomic E-state index is 13.5. The number of halogens is 1. The van der Waals surface area contributed by atoms with Crippen LogP contribution in [0.1, 0.15) is 18.9 Å². The Labute approximate surface area is 125 Å². The molecule has 0 aromatic heterocycles. The highest BCUT2D eigenvalue weighted by Crippen LogP contribution is 2.12. The molecule has 0 aliphatic carbocycles. The Kier molecular flexibility index (Phi) is 6.77. The molecule has 5 nitrogen and oxygen atoms in total. The fraction of sp³-hybridized carbons (Fsp3) is 0.500. The van der Waals surface area contributed by atoms with Crippen molar-refractivity contribution in [1.29, 1.82) is 0 Å². The highest BCUT2D eigenvalue weighted by Gasteiger charge is 2.14. The van der Waals surface area contributed by atoms with E-state index in [0.29, 0.717) is 24.9 Å². The van der Waals surface area contributed by atoms with Crippen LogP contribution in [-0.4, -0.2) is 33.7 Å². The maximum Gasteiger partial charge on any atom is 0.223 e. The molecule has 0 saturated carbocycles. The fourth-order valence-corrected chi connectivity index (χ4v) is 2.33. The SMILES string of the molecule is C[C@@H](Cc1ccccc1F)C(=O)NCCCNS(C)(=O)=O. The van der Waals surface area contributed by atoms with Crippen LogP contribution >= 0.6 is 0 Å². The number of carbonyl (C=O) groups is 1. The number of benzene rings is 1. The molecule has 2 N–H and O–H groups in total. The van der Waals surface area contributed by atoms with E-state index >= 15 is 0 Å². The third kappa shape index (κ3) is 7.19. The van der Waals surface area contributed by atoms with Gasteiger partial charge < -0.3 is 5.32 Å². The molecule has 1 aromatic rings. The second kappa shape index (κ2) is 8.09. The summed E-state index contributed by atoms with van der Waals surface area (Å²) in [6.07, 6.45) is 1.92. The molecule has 0 spiro atoms. The van der Waals surface area contributed by atoms with Crippen molar-refractivity contribution in [3.8, 4) is 0 Å². The molecule has 0 fully saturated rings. The van der Waals surface area contributed by atoms with Crippen LogP contribution in [-0.2, 0) is 21.2 Å². The molecule has 1 aromatic carbocycles. The lowest BCUT2D eigenvalue weighted by Crippen LogP contribution is -2.33. The quantitative estimate of drug-likeness (QED) is 0.704. The third-order valence-electron chi connectivity index (χ3n) is 2.95. The van der Waals surface area contributed by atoms with E-state index in [1.165, 1.54) is 6.07 Å². The molecule has 118 valence electrons. The number of sulfonamides is 1. The topological polar surface area (TPSA) is 75.3 Å². The minimum Gasteiger partial charge on any atom is -0.356 e. The van der Waals surface area contributed by atoms with Crippen molar-refractivity contribution in [1.82, 2.24) is 10.0 Å². The van der Waals surface area contributed by atoms with Gasteiger partial charge in [0.25, 0.3) is 0 Å². The second-order valence-electron chi connectivity index (χ2n) is 5.01. The molecule has 21 heavy (non-hydrogen) atoms. The van der Waals surface area contributed by atoms with Gasteiger partial charge in [-0.05, 0) is 24.5 Å². The largest absolute Gasteiger partial charge is 0.356 e. The summed E-state index contributed by atoms with van der Waals surface area (Å²) in [4.78, 5) is 11.8. The Morgan fingerprint density at radius 2 is 1.95 bits per heavy atom. The minimum atomic E-state index is -3.19. The lowest BCUT2D eigenvalue weighted by atomic mass is 10.00. The molecule has 0 unspecified atom stereocenters. The molecule has 1 amide bonds. The Morgan fingerprint density at radius 1 is 1.29 bits per heavy atom. The van der Waals surface area contributed by atoms with Gasteiger partial charge in [-0.15, -0.1) is 0 Å². The fourth-order valence-electron chi connectivity index (χ4n) is 1.82. The van der Waals surface area contributed by atoms with Gasteiger partial charge in [-0.3, -0.25) is 4.79 Å². The zero-order valence-corrected chi connectivity index (χ0v) is 13.0. The normalized spacial score (nSPS) is 12.9. The first-order valence-corrected chi connectivity index (χ1v) is 8.64. The monoisotopic (exact) mass is 316 g/mol. The molecule has 0 aliphatic heterocycles. The number of rotatable bonds is 8. The van der Waals surface area contributed by atoms with E-state index < -0.39 is 10.0 Å². The summed E-state index contributed by atoms with van der Waals surface area (Å²) >= 11 is 0. The molecule has 1 rings (SSSR count). The van der Waals surface area contributed by atoms with Crippen LogP contribution in [0.4, 0.5) is 4.39 Å². The van der Waals surface area contributed by atoms with Crippen molar-refractivity contribution in [3.05, 3.63) is 35.6 Å². The average molecular weight is 316 g/mol. The molecule has 0 aliphatic rings. The van der Waals surface area contributed by atoms with E-state index in [4.69, 9.17) is 0 Å². The molecule has 0 radical (unpaired) electrons. The van der Waals surface area contributed by atoms with Crippen molar-refractivity contribution in [2.75, 3.05) is 19.3 Å². The standard InChI is InChI=1S/C14H21FN2O3S/c1-11(10-12-6-3-4-7-13(12)15)14(18)16-8-5-9-17-21(2,19)20/h3-4,6-7,11,17H,5,8-10H2,1-2H3,(H,16,18)/t11-/m0/s1. The zero-order chi connectivity index (χ0) is 15.9. The van der Waals surface area contributed by atoms with E-state index in [0.717, 1.165) is 6.26 Å². The first-order valence-electron chi connectivity index (χ1n) is 6.75. The molecule has 1 atom stereocenters. The lowest BCUT2D eigenvalue weighted by molar-refractivity contribution is -0.124. The summed E-state index contributed by atoms with van der Waals surface area (Å²) in [5.41, 5.74) is 0.513. The highest BCUT2D eigenvalue weighted by atomic mass is 32.2. The number of hydrogen-bond acceptors (Lipinski definition) is 3. The van der Waals surface area contributed by atoms with Crippen molar-refractivity contribution in [2.24, 2.45) is 5.92 Å². The van der Waals surface area contributed by atoms with Crippen LogP contribution in [0, 0.1) is 11.7 Å². The lowest BCUT2D eigenvalue weighted by Gasteiger charge is -2.12. The summed E-state index contributed by atoms with van der Waals surface area (Å²) in [7, 11) is -3.19. The van der Waals surface area contributed by atoms with Gasteiger partial charge in [-0.25, -0.2) is 17.5 Å². The molecule has 0 heterocycles. The second-order valence-corrected chi connectivity index (χ2v) is 6.84. The van der Waals surface area contributed by atoms with Crippen LogP contribution in [0.3, 0.4) is 0 Å². The summed E-state index contributed by atoms with van der Waals surface area (Å²) in [5, 5.41) is 2.71. The van der Waals surface area contributed by atoms with Gasteiger partial charge in [-0.1, -0.05) is 25.1 Å². The summed E-state index contributed by atoms with van der Waals surface area (Å²) in [5.74, 6) is -0.822. The van der Waals surface area contributed by atoms with E-state index in [-0.39, 0.29) is 24.2 Å². The Hall–Kier alpha value is -1.47. The van der Waals surface area contributed by atoms with E-state index in [2.05, 4.69) is 10.0 Å². The van der Waals surface area contributed by atoms with Crippen molar-refractivity contribution in [3.63, 3.8) is 0 Å². The minimum absolute atomic E-state index is 0.169. The Balaban J connectivity index is 2.30. The van der Waals surface area contributed by atoms with Crippen LogP contribution in [0.5, 0.6) is 0 Å². The zero-order valence-electron chi connectivity index (χ0n) is 12.2. The smallest absolute Gasteiger partial charge is 0.223 e. The first-order chi connectivity index (χ1) is 9.79. The van der Waals surface area contributed by atoms with Gasteiger partial charge in [0, 0.05) is 19.0 Å². The van der Waals surface area contributed by atoms with Gasteiger partial charge >= 0.3 is 0 Å². The highest BCUT2D eigenvalue weighted by molar-refractivity contribution is 7.88. The van der Waals surface area contributed by atoms with Gasteiger partial charge in [0.1, 0.15) is 5.82 Å². The van der Waals surface area contributed by atoms with Crippen molar-refractivity contribution >= 4 is 15.9 Å². The van der Waals surface area contributed by atoms with Crippen LogP contribution < -0.4 is 10.0 Å². The van der Waals surface area contributed by atoms with Gasteiger partial charge in [0.2, 0.25) is 15.9 Å². The predicted octanol–water partition coefficient (Wildman–Crippen LogP) is 1.06. The summed E-state index contributed by atoms with van der Waals surface area (Å²) in [6.45, 7) is 2.39. The van der Waals surface area contributed by atoms with Gasteiger partial charge in [0.05, 0.1) is 6.26 Å². The number of amides is 1. The van der Waals surface area contributed by atoms with Crippen LogP contribution in [0.25, 0.3) is 0 Å². The number of nitrogens with one attached hydrogen (secondary N) is 2. The van der Waals surface area contributed by atoms with Crippen molar-refractivity contribution < 1.29 is 17.6 Å². The van der Waals surface area contributed by atoms with Crippen LogP contribution in [0.2, 0.25) is 0 Å². The van der Waals surface area contributed by atoms with E-state index in [1.54, 1.807) is 25.1 Å². The van der Waals surface area contributed by atoms with E-state index in [1.807, 2.05) is 0 Å². The summed E-state index contributed by atoms with van der Waals surface area (Å²) < 4.78 is 37.5. The molecule has 7 heteroatoms. The predicted molar refractivity (Wildman–Crippen MR) is 79.7 cm³/mol. The third-order valence-corrected chi connectivity index (χ3v) is 3.68. The molecular formula is C14H21FN2O3S. The Bertz CT molecular complexity index is 575. The first kappa shape index (κ1) is 17.6. The molecular weight excluding hydrogens is 295 g/mol.